The quantitative estimate of drug-likeness (QED) is 0.820. The second-order valence-corrected chi connectivity index (χ2v) is 4.97. The van der Waals surface area contributed by atoms with Gasteiger partial charge in [-0.1, -0.05) is 11.6 Å². The summed E-state index contributed by atoms with van der Waals surface area (Å²) in [5, 5.41) is 9.56. The first-order chi connectivity index (χ1) is 8.63. The number of hydrogen-bond donors (Lipinski definition) is 2. The lowest BCUT2D eigenvalue weighted by molar-refractivity contribution is 0.0527. The van der Waals surface area contributed by atoms with E-state index in [1.807, 2.05) is 0 Å². The van der Waals surface area contributed by atoms with Gasteiger partial charge in [0.25, 0.3) is 5.91 Å². The van der Waals surface area contributed by atoms with E-state index >= 15 is 0 Å². The Morgan fingerprint density at radius 1 is 1.50 bits per heavy atom. The lowest BCUT2D eigenvalue weighted by Crippen LogP contribution is -2.45. The molecular weight excluding hydrogens is 252 g/mol. The van der Waals surface area contributed by atoms with Crippen LogP contribution in [-0.4, -0.2) is 35.1 Å². The van der Waals surface area contributed by atoms with Gasteiger partial charge in [0.05, 0.1) is 12.2 Å². The average molecular weight is 269 g/mol. The molecule has 1 amide bonds. The van der Waals surface area contributed by atoms with Crippen LogP contribution in [0.4, 0.5) is 5.69 Å². The fourth-order valence-electron chi connectivity index (χ4n) is 2.12. The van der Waals surface area contributed by atoms with Crippen molar-refractivity contribution in [1.82, 2.24) is 4.90 Å². The molecule has 18 heavy (non-hydrogen) atoms. The number of hydrogen-bond acceptors (Lipinski definition) is 3. The van der Waals surface area contributed by atoms with E-state index in [1.54, 1.807) is 23.1 Å². The van der Waals surface area contributed by atoms with Gasteiger partial charge in [0.15, 0.2) is 0 Å². The molecule has 0 saturated heterocycles. The number of anilines is 1. The maximum absolute atomic E-state index is 12.4. The number of benzene rings is 1. The summed E-state index contributed by atoms with van der Waals surface area (Å²) in [6.07, 6.45) is 3.11. The van der Waals surface area contributed by atoms with E-state index in [9.17, 15) is 4.79 Å². The highest BCUT2D eigenvalue weighted by atomic mass is 35.5. The van der Waals surface area contributed by atoms with Crippen LogP contribution < -0.4 is 5.73 Å². The van der Waals surface area contributed by atoms with Gasteiger partial charge in [-0.15, -0.1) is 0 Å². The van der Waals surface area contributed by atoms with Crippen molar-refractivity contribution in [3.8, 4) is 0 Å². The van der Waals surface area contributed by atoms with Gasteiger partial charge < -0.3 is 15.7 Å². The summed E-state index contributed by atoms with van der Waals surface area (Å²) in [6, 6.07) is 5.10. The molecule has 1 aliphatic rings. The van der Waals surface area contributed by atoms with Crippen LogP contribution in [0.25, 0.3) is 0 Å². The Balaban J connectivity index is 2.23. The molecule has 4 nitrogen and oxygen atoms in total. The Hall–Kier alpha value is -1.26. The van der Waals surface area contributed by atoms with Gasteiger partial charge in [0, 0.05) is 23.3 Å². The van der Waals surface area contributed by atoms with Crippen LogP contribution in [0.15, 0.2) is 18.2 Å². The second-order valence-electron chi connectivity index (χ2n) is 4.54. The number of aliphatic hydroxyl groups excluding tert-OH is 1. The minimum atomic E-state index is -0.145. The highest BCUT2D eigenvalue weighted by Crippen LogP contribution is 2.28. The molecule has 0 aromatic heterocycles. The molecule has 2 rings (SSSR count). The number of carbonyl (C=O) groups excluding carboxylic acids is 1. The van der Waals surface area contributed by atoms with Crippen molar-refractivity contribution in [2.24, 2.45) is 0 Å². The lowest BCUT2D eigenvalue weighted by atomic mass is 9.91. The molecule has 3 N–H and O–H groups in total. The number of nitrogens with zero attached hydrogens (tertiary/aromatic N) is 1. The zero-order valence-electron chi connectivity index (χ0n) is 10.1. The van der Waals surface area contributed by atoms with Gasteiger partial charge in [-0.25, -0.2) is 0 Å². The van der Waals surface area contributed by atoms with Crippen LogP contribution in [0.3, 0.4) is 0 Å². The zero-order chi connectivity index (χ0) is 13.1. The average Bonchev–Trinajstić information content (AvgIpc) is 2.28. The van der Waals surface area contributed by atoms with E-state index in [4.69, 9.17) is 22.4 Å². The van der Waals surface area contributed by atoms with Crippen molar-refractivity contribution >= 4 is 23.2 Å². The van der Waals surface area contributed by atoms with E-state index in [2.05, 4.69) is 0 Å². The van der Waals surface area contributed by atoms with E-state index in [1.165, 1.54) is 0 Å². The number of rotatable bonds is 4. The van der Waals surface area contributed by atoms with Gasteiger partial charge in [-0.05, 0) is 37.5 Å². The number of nitrogens with two attached hydrogens (primary N) is 1. The maximum atomic E-state index is 12.4. The smallest absolute Gasteiger partial charge is 0.256 e. The SMILES string of the molecule is Nc1ccc(Cl)cc1C(=O)N(CCO)C1CCC1. The van der Waals surface area contributed by atoms with Gasteiger partial charge in [0.2, 0.25) is 0 Å². The first-order valence-corrected chi connectivity index (χ1v) is 6.48. The predicted molar refractivity (Wildman–Crippen MR) is 71.6 cm³/mol. The predicted octanol–water partition coefficient (Wildman–Crippen LogP) is 1.91. The Bertz CT molecular complexity index is 447. The molecule has 0 atom stereocenters. The van der Waals surface area contributed by atoms with E-state index in [0.29, 0.717) is 22.8 Å². The molecule has 1 aromatic carbocycles. The van der Waals surface area contributed by atoms with Crippen LogP contribution >= 0.6 is 11.6 Å². The van der Waals surface area contributed by atoms with Crippen molar-refractivity contribution in [3.05, 3.63) is 28.8 Å². The van der Waals surface area contributed by atoms with Crippen molar-refractivity contribution < 1.29 is 9.90 Å². The molecule has 0 heterocycles. The molecule has 98 valence electrons. The molecular formula is C13H17ClN2O2. The Kier molecular flexibility index (Phi) is 4.09. The van der Waals surface area contributed by atoms with Crippen LogP contribution in [0.2, 0.25) is 5.02 Å². The molecule has 1 fully saturated rings. The molecule has 0 unspecified atom stereocenters. The summed E-state index contributed by atoms with van der Waals surface area (Å²) < 4.78 is 0. The summed E-state index contributed by atoms with van der Waals surface area (Å²) >= 11 is 5.89. The van der Waals surface area contributed by atoms with E-state index < -0.39 is 0 Å². The molecule has 0 bridgehead atoms. The normalized spacial score (nSPS) is 15.2. The highest BCUT2D eigenvalue weighted by Gasteiger charge is 2.29. The molecule has 1 aliphatic carbocycles. The number of aliphatic hydroxyl groups is 1. The molecule has 1 aromatic rings. The summed E-state index contributed by atoms with van der Waals surface area (Å²) in [4.78, 5) is 14.1. The van der Waals surface area contributed by atoms with Crippen molar-refractivity contribution in [2.45, 2.75) is 25.3 Å². The lowest BCUT2D eigenvalue weighted by Gasteiger charge is -2.37. The molecule has 0 radical (unpaired) electrons. The topological polar surface area (TPSA) is 66.6 Å². The molecule has 1 saturated carbocycles. The molecule has 0 aliphatic heterocycles. The van der Waals surface area contributed by atoms with E-state index in [0.717, 1.165) is 19.3 Å². The Morgan fingerprint density at radius 3 is 2.78 bits per heavy atom. The van der Waals surface area contributed by atoms with Crippen molar-refractivity contribution in [2.75, 3.05) is 18.9 Å². The summed E-state index contributed by atoms with van der Waals surface area (Å²) in [7, 11) is 0. The summed E-state index contributed by atoms with van der Waals surface area (Å²) in [6.45, 7) is 0.304. The van der Waals surface area contributed by atoms with Gasteiger partial charge in [0.1, 0.15) is 0 Å². The van der Waals surface area contributed by atoms with Gasteiger partial charge >= 0.3 is 0 Å². The number of halogens is 1. The van der Waals surface area contributed by atoms with Crippen LogP contribution in [0.5, 0.6) is 0 Å². The fourth-order valence-corrected chi connectivity index (χ4v) is 2.30. The number of amides is 1. The van der Waals surface area contributed by atoms with Crippen LogP contribution in [0.1, 0.15) is 29.6 Å². The van der Waals surface area contributed by atoms with Gasteiger partial charge in [-0.3, -0.25) is 4.79 Å². The monoisotopic (exact) mass is 268 g/mol. The first kappa shape index (κ1) is 13.2. The van der Waals surface area contributed by atoms with Crippen molar-refractivity contribution in [1.29, 1.82) is 0 Å². The minimum Gasteiger partial charge on any atom is -0.398 e. The largest absolute Gasteiger partial charge is 0.398 e. The van der Waals surface area contributed by atoms with Crippen LogP contribution in [-0.2, 0) is 0 Å². The summed E-state index contributed by atoms with van der Waals surface area (Å²) in [5.41, 5.74) is 6.66. The first-order valence-electron chi connectivity index (χ1n) is 6.10. The third kappa shape index (κ3) is 2.60. The highest BCUT2D eigenvalue weighted by molar-refractivity contribution is 6.31. The molecule has 5 heteroatoms. The van der Waals surface area contributed by atoms with Gasteiger partial charge in [-0.2, -0.15) is 0 Å². The number of carbonyl (C=O) groups is 1. The summed E-state index contributed by atoms with van der Waals surface area (Å²) in [5.74, 6) is -0.145. The van der Waals surface area contributed by atoms with Crippen molar-refractivity contribution in [3.63, 3.8) is 0 Å². The maximum Gasteiger partial charge on any atom is 0.256 e. The third-order valence-corrected chi connectivity index (χ3v) is 3.60. The third-order valence-electron chi connectivity index (χ3n) is 3.36. The standard InChI is InChI=1S/C13H17ClN2O2/c14-9-4-5-12(15)11(8-9)13(18)16(6-7-17)10-2-1-3-10/h4-5,8,10,17H,1-3,6-7,15H2. The van der Waals surface area contributed by atoms with E-state index in [-0.39, 0.29) is 18.6 Å². The fraction of sp³-hybridized carbons (Fsp3) is 0.462. The Morgan fingerprint density at radius 2 is 2.22 bits per heavy atom. The Labute approximate surface area is 111 Å². The van der Waals surface area contributed by atoms with Crippen LogP contribution in [0, 0.1) is 0 Å². The molecule has 0 spiro atoms. The second kappa shape index (κ2) is 5.59. The minimum absolute atomic E-state index is 0.0390. The number of nitrogen functional groups attached to an aromatic ring is 1. The zero-order valence-corrected chi connectivity index (χ0v) is 10.9.